The predicted octanol–water partition coefficient (Wildman–Crippen LogP) is 5.20. The maximum absolute atomic E-state index is 12.7. The number of aryl methyl sites for hydroxylation is 1. The third-order valence-electron chi connectivity index (χ3n) is 5.07. The largest absolute Gasteiger partial charge is 0.324 e. The Morgan fingerprint density at radius 3 is 2.60 bits per heavy atom. The number of amides is 1. The maximum atomic E-state index is 12.7. The summed E-state index contributed by atoms with van der Waals surface area (Å²) in [6, 6.07) is 17.0. The van der Waals surface area contributed by atoms with Crippen LogP contribution in [0.15, 0.2) is 84.1 Å². The van der Waals surface area contributed by atoms with Gasteiger partial charge in [0.1, 0.15) is 0 Å². The fourth-order valence-electron chi connectivity index (χ4n) is 3.27. The average Bonchev–Trinajstić information content (AvgIpc) is 2.87. The number of pyridine rings is 1. The molecule has 2 heterocycles. The minimum Gasteiger partial charge on any atom is -0.324 e. The van der Waals surface area contributed by atoms with E-state index in [1.165, 1.54) is 24.3 Å². The summed E-state index contributed by atoms with van der Waals surface area (Å²) >= 11 is 0. The molecule has 35 heavy (non-hydrogen) atoms. The van der Waals surface area contributed by atoms with E-state index in [0.29, 0.717) is 17.2 Å². The molecule has 0 aliphatic heterocycles. The molecule has 0 fully saturated rings. The summed E-state index contributed by atoms with van der Waals surface area (Å²) in [5, 5.41) is 6.07. The minimum atomic E-state index is -3.33. The summed E-state index contributed by atoms with van der Waals surface area (Å²) in [6.45, 7) is 3.77. The van der Waals surface area contributed by atoms with Crippen LogP contribution in [-0.4, -0.2) is 31.7 Å². The Labute approximate surface area is 203 Å². The van der Waals surface area contributed by atoms with Crippen LogP contribution in [0, 0.1) is 11.7 Å². The van der Waals surface area contributed by atoms with Gasteiger partial charge < -0.3 is 10.6 Å². The van der Waals surface area contributed by atoms with E-state index in [1.54, 1.807) is 37.6 Å². The van der Waals surface area contributed by atoms with E-state index in [9.17, 15) is 9.00 Å². The lowest BCUT2D eigenvalue weighted by Crippen LogP contribution is -2.13. The van der Waals surface area contributed by atoms with Crippen molar-refractivity contribution in [1.29, 1.82) is 4.78 Å². The number of carbonyl (C=O) groups is 1. The molecule has 0 saturated carbocycles. The lowest BCUT2D eigenvalue weighted by Gasteiger charge is -2.12. The molecule has 1 atom stereocenters. The van der Waals surface area contributed by atoms with E-state index in [-0.39, 0.29) is 17.4 Å². The van der Waals surface area contributed by atoms with Crippen LogP contribution in [0.1, 0.15) is 22.8 Å². The molecule has 4 aromatic rings. The molecule has 9 nitrogen and oxygen atoms in total. The van der Waals surface area contributed by atoms with Gasteiger partial charge in [-0.3, -0.25) is 14.0 Å². The van der Waals surface area contributed by atoms with Crippen molar-refractivity contribution in [2.75, 3.05) is 17.2 Å². The standard InChI is InChI=1S/C25H24N6O3S/c1-3-34-35(26,33)21-10-7-18(8-11-21)24(32)29-20-9-6-17(2)23(15-20)31-25-28-14-12-22(30-25)19-5-4-13-27-16-19/h4-16,26H,3H2,1-2H3,(H,29,32)(H,28,30,31). The number of nitrogens with zero attached hydrogens (tertiary/aromatic N) is 3. The summed E-state index contributed by atoms with van der Waals surface area (Å²) in [7, 11) is -3.33. The smallest absolute Gasteiger partial charge is 0.255 e. The van der Waals surface area contributed by atoms with E-state index in [4.69, 9.17) is 8.96 Å². The molecule has 0 bridgehead atoms. The molecule has 0 aliphatic carbocycles. The minimum absolute atomic E-state index is 0.160. The molecule has 0 radical (unpaired) electrons. The van der Waals surface area contributed by atoms with E-state index < -0.39 is 10.0 Å². The van der Waals surface area contributed by atoms with Gasteiger partial charge >= 0.3 is 0 Å². The molecule has 3 N–H and O–H groups in total. The Morgan fingerprint density at radius 1 is 1.09 bits per heavy atom. The Balaban J connectivity index is 1.50. The first-order valence-electron chi connectivity index (χ1n) is 10.8. The van der Waals surface area contributed by atoms with Gasteiger partial charge in [-0.25, -0.2) is 19.0 Å². The molecule has 1 unspecified atom stereocenters. The number of carbonyl (C=O) groups excluding carboxylic acids is 1. The van der Waals surface area contributed by atoms with E-state index in [2.05, 4.69) is 25.6 Å². The summed E-state index contributed by atoms with van der Waals surface area (Å²) in [6.07, 6.45) is 5.11. The number of hydrogen-bond acceptors (Lipinski definition) is 8. The second-order valence-electron chi connectivity index (χ2n) is 7.55. The highest BCUT2D eigenvalue weighted by Crippen LogP contribution is 2.25. The average molecular weight is 489 g/mol. The maximum Gasteiger partial charge on any atom is 0.255 e. The zero-order valence-corrected chi connectivity index (χ0v) is 20.0. The molecule has 4 rings (SSSR count). The van der Waals surface area contributed by atoms with Gasteiger partial charge in [0.05, 0.1) is 17.2 Å². The number of nitrogens with one attached hydrogen (secondary N) is 3. The first-order chi connectivity index (χ1) is 16.9. The Hall–Kier alpha value is -4.15. The van der Waals surface area contributed by atoms with Crippen molar-refractivity contribution in [1.82, 2.24) is 15.0 Å². The third kappa shape index (κ3) is 5.86. The molecule has 10 heteroatoms. The second-order valence-corrected chi connectivity index (χ2v) is 9.26. The number of aromatic nitrogens is 3. The van der Waals surface area contributed by atoms with Crippen LogP contribution in [0.2, 0.25) is 0 Å². The SMILES string of the molecule is CCOS(=N)(=O)c1ccc(C(=O)Nc2ccc(C)c(Nc3nccc(-c4cccnc4)n3)c2)cc1. The highest BCUT2D eigenvalue weighted by Gasteiger charge is 2.13. The zero-order chi connectivity index (χ0) is 24.8. The summed E-state index contributed by atoms with van der Waals surface area (Å²) in [5.74, 6) is 0.0795. The van der Waals surface area contributed by atoms with Crippen LogP contribution >= 0.6 is 0 Å². The van der Waals surface area contributed by atoms with E-state index >= 15 is 0 Å². The van der Waals surface area contributed by atoms with Gasteiger partial charge in [-0.1, -0.05) is 6.07 Å². The Kier molecular flexibility index (Phi) is 7.14. The number of rotatable bonds is 8. The van der Waals surface area contributed by atoms with Crippen LogP contribution in [0.4, 0.5) is 17.3 Å². The fourth-order valence-corrected chi connectivity index (χ4v) is 4.23. The predicted molar refractivity (Wildman–Crippen MR) is 135 cm³/mol. The van der Waals surface area contributed by atoms with Crippen LogP contribution in [-0.2, 0) is 14.2 Å². The molecule has 0 aliphatic rings. The highest BCUT2D eigenvalue weighted by molar-refractivity contribution is 7.87. The van der Waals surface area contributed by atoms with Crippen molar-refractivity contribution in [3.8, 4) is 11.3 Å². The van der Waals surface area contributed by atoms with Gasteiger partial charge in [0.15, 0.2) is 10.0 Å². The van der Waals surface area contributed by atoms with Crippen LogP contribution < -0.4 is 10.6 Å². The third-order valence-corrected chi connectivity index (χ3v) is 6.53. The Morgan fingerprint density at radius 2 is 1.89 bits per heavy atom. The topological polar surface area (TPSA) is 130 Å². The molecular weight excluding hydrogens is 464 g/mol. The van der Waals surface area contributed by atoms with Crippen LogP contribution in [0.5, 0.6) is 0 Å². The molecule has 2 aromatic carbocycles. The van der Waals surface area contributed by atoms with Gasteiger partial charge in [0.25, 0.3) is 5.91 Å². The first-order valence-corrected chi connectivity index (χ1v) is 12.3. The van der Waals surface area contributed by atoms with Crippen LogP contribution in [0.3, 0.4) is 0 Å². The summed E-state index contributed by atoms with van der Waals surface area (Å²) in [5.41, 5.74) is 4.25. The zero-order valence-electron chi connectivity index (χ0n) is 19.2. The molecular formula is C25H24N6O3S. The first kappa shape index (κ1) is 24.0. The van der Waals surface area contributed by atoms with Crippen molar-refractivity contribution in [2.24, 2.45) is 0 Å². The molecule has 0 spiro atoms. The van der Waals surface area contributed by atoms with E-state index in [0.717, 1.165) is 22.5 Å². The molecule has 1 amide bonds. The number of anilines is 3. The highest BCUT2D eigenvalue weighted by atomic mass is 32.2. The Bertz CT molecular complexity index is 1440. The van der Waals surface area contributed by atoms with Crippen molar-refractivity contribution >= 4 is 33.2 Å². The van der Waals surface area contributed by atoms with Gasteiger partial charge in [0.2, 0.25) is 5.95 Å². The van der Waals surface area contributed by atoms with Crippen molar-refractivity contribution in [3.05, 3.63) is 90.4 Å². The molecule has 0 saturated heterocycles. The van der Waals surface area contributed by atoms with Crippen molar-refractivity contribution in [2.45, 2.75) is 18.7 Å². The van der Waals surface area contributed by atoms with Crippen molar-refractivity contribution < 1.29 is 13.2 Å². The van der Waals surface area contributed by atoms with Gasteiger partial charge in [-0.15, -0.1) is 0 Å². The number of hydrogen-bond donors (Lipinski definition) is 3. The van der Waals surface area contributed by atoms with Gasteiger partial charge in [0, 0.05) is 41.1 Å². The quantitative estimate of drug-likeness (QED) is 0.311. The summed E-state index contributed by atoms with van der Waals surface area (Å²) in [4.78, 5) is 25.9. The van der Waals surface area contributed by atoms with E-state index in [1.807, 2.05) is 31.2 Å². The monoisotopic (exact) mass is 488 g/mol. The lowest BCUT2D eigenvalue weighted by atomic mass is 10.1. The lowest BCUT2D eigenvalue weighted by molar-refractivity contribution is 0.102. The fraction of sp³-hybridized carbons (Fsp3) is 0.120. The number of benzene rings is 2. The summed E-state index contributed by atoms with van der Waals surface area (Å²) < 4.78 is 25.0. The molecule has 178 valence electrons. The van der Waals surface area contributed by atoms with Gasteiger partial charge in [-0.2, -0.15) is 0 Å². The van der Waals surface area contributed by atoms with Crippen LogP contribution in [0.25, 0.3) is 11.3 Å². The van der Waals surface area contributed by atoms with Gasteiger partial charge in [-0.05, 0) is 74.0 Å². The normalized spacial score (nSPS) is 12.5. The molecule has 2 aromatic heterocycles. The van der Waals surface area contributed by atoms with Crippen molar-refractivity contribution in [3.63, 3.8) is 0 Å². The second kappa shape index (κ2) is 10.4.